The molecule has 0 radical (unpaired) electrons. The fourth-order valence-electron chi connectivity index (χ4n) is 2.51. The molecule has 0 aromatic carbocycles. The second-order valence-corrected chi connectivity index (χ2v) is 13.5. The number of hydrogen-bond donors (Lipinski definition) is 1. The molecule has 0 amide bonds. The number of rotatable bonds is 3. The third-order valence-electron chi connectivity index (χ3n) is 4.96. The number of aliphatic hydroxyl groups is 1. The van der Waals surface area contributed by atoms with Crippen LogP contribution in [0.25, 0.3) is 0 Å². The van der Waals surface area contributed by atoms with Crippen molar-refractivity contribution < 1.29 is 5.11 Å². The average Bonchev–Trinajstić information content (AvgIpc) is 2.28. The highest BCUT2D eigenvalue weighted by molar-refractivity contribution is 9.09. The molecule has 2 unspecified atom stereocenters. The molecule has 2 atom stereocenters. The maximum atomic E-state index is 10.8. The van der Waals surface area contributed by atoms with Crippen molar-refractivity contribution in [1.29, 1.82) is 0 Å². The molecule has 4 heteroatoms. The minimum absolute atomic E-state index is 0.136. The van der Waals surface area contributed by atoms with Crippen LogP contribution in [-0.2, 0) is 0 Å². The Morgan fingerprint density at radius 2 is 1.89 bits per heavy atom. The Bertz CT molecular complexity index is 368. The van der Waals surface area contributed by atoms with E-state index in [4.69, 9.17) is 0 Å². The van der Waals surface area contributed by atoms with Gasteiger partial charge in [-0.3, -0.25) is 0 Å². The van der Waals surface area contributed by atoms with Gasteiger partial charge in [0.15, 0.2) is 0 Å². The van der Waals surface area contributed by atoms with E-state index in [1.807, 2.05) is 6.08 Å². The van der Waals surface area contributed by atoms with Gasteiger partial charge in [-0.05, 0) is 10.6 Å². The van der Waals surface area contributed by atoms with Crippen molar-refractivity contribution in [3.05, 3.63) is 23.8 Å². The molecule has 0 bridgehead atoms. The molecule has 0 aromatic rings. The summed E-state index contributed by atoms with van der Waals surface area (Å²) in [4.78, 5) is 0. The molecule has 0 saturated heterocycles. The zero-order chi connectivity index (χ0) is 14.2. The second kappa shape index (κ2) is 5.55. The van der Waals surface area contributed by atoms with E-state index < -0.39 is 8.07 Å². The van der Waals surface area contributed by atoms with Gasteiger partial charge >= 0.3 is 0 Å². The average molecular weight is 396 g/mol. The SMILES string of the molecule is CC(C)(C)[Si](C)(C)C1(CBr)C=CC=C(CBr)C1O. The van der Waals surface area contributed by atoms with Crippen LogP contribution in [0.2, 0.25) is 23.2 Å². The van der Waals surface area contributed by atoms with Gasteiger partial charge in [-0.25, -0.2) is 0 Å². The Hall–Kier alpha value is 0.617. The summed E-state index contributed by atoms with van der Waals surface area (Å²) in [6, 6.07) is 0. The number of aliphatic hydroxyl groups excluding tert-OH is 1. The molecule has 1 nitrogen and oxygen atoms in total. The van der Waals surface area contributed by atoms with Crippen LogP contribution in [0.3, 0.4) is 0 Å². The first-order valence-corrected chi connectivity index (χ1v) is 11.6. The maximum absolute atomic E-state index is 10.8. The lowest BCUT2D eigenvalue weighted by Gasteiger charge is -2.54. The summed E-state index contributed by atoms with van der Waals surface area (Å²) in [7, 11) is -1.72. The topological polar surface area (TPSA) is 20.2 Å². The van der Waals surface area contributed by atoms with E-state index in [1.54, 1.807) is 0 Å². The van der Waals surface area contributed by atoms with Gasteiger partial charge in [0, 0.05) is 15.7 Å². The Balaban J connectivity index is 3.32. The number of alkyl halides is 2. The number of hydrogen-bond acceptors (Lipinski definition) is 1. The fourth-order valence-corrected chi connectivity index (χ4v) is 8.71. The van der Waals surface area contributed by atoms with E-state index in [2.05, 4.69) is 77.9 Å². The van der Waals surface area contributed by atoms with Crippen molar-refractivity contribution in [1.82, 2.24) is 0 Å². The Morgan fingerprint density at radius 1 is 1.33 bits per heavy atom. The molecule has 1 N–H and O–H groups in total. The molecule has 0 aliphatic heterocycles. The zero-order valence-corrected chi connectivity index (χ0v) is 16.1. The molecule has 1 rings (SSSR count). The quantitative estimate of drug-likeness (QED) is 0.533. The monoisotopic (exact) mass is 394 g/mol. The highest BCUT2D eigenvalue weighted by Crippen LogP contribution is 2.57. The Labute approximate surface area is 129 Å². The summed E-state index contributed by atoms with van der Waals surface area (Å²) in [5, 5.41) is 12.5. The molecular weight excluding hydrogens is 372 g/mol. The lowest BCUT2D eigenvalue weighted by Crippen LogP contribution is -2.56. The molecule has 1 aliphatic rings. The van der Waals surface area contributed by atoms with Gasteiger partial charge in [0.25, 0.3) is 0 Å². The third-order valence-corrected chi connectivity index (χ3v) is 13.7. The smallest absolute Gasteiger partial charge is 0.0836 e. The molecule has 0 fully saturated rings. The highest BCUT2D eigenvalue weighted by atomic mass is 79.9. The predicted molar refractivity (Wildman–Crippen MR) is 90.7 cm³/mol. The van der Waals surface area contributed by atoms with Crippen LogP contribution in [0.4, 0.5) is 0 Å². The van der Waals surface area contributed by atoms with E-state index in [-0.39, 0.29) is 16.2 Å². The number of halogens is 2. The fraction of sp³-hybridized carbons (Fsp3) is 0.714. The van der Waals surface area contributed by atoms with Gasteiger partial charge in [-0.15, -0.1) is 0 Å². The molecule has 0 heterocycles. The first-order valence-electron chi connectivity index (χ1n) is 6.32. The van der Waals surface area contributed by atoms with Gasteiger partial charge in [0.1, 0.15) is 0 Å². The van der Waals surface area contributed by atoms with Crippen molar-refractivity contribution >= 4 is 39.9 Å². The summed E-state index contributed by atoms with van der Waals surface area (Å²) >= 11 is 7.16. The van der Waals surface area contributed by atoms with E-state index >= 15 is 0 Å². The van der Waals surface area contributed by atoms with E-state index in [9.17, 15) is 5.11 Å². The van der Waals surface area contributed by atoms with Gasteiger partial charge in [0.05, 0.1) is 14.2 Å². The minimum Gasteiger partial charge on any atom is -0.388 e. The van der Waals surface area contributed by atoms with Gasteiger partial charge in [-0.2, -0.15) is 0 Å². The second-order valence-electron chi connectivity index (χ2n) is 6.69. The zero-order valence-electron chi connectivity index (χ0n) is 11.9. The molecule has 104 valence electrons. The Morgan fingerprint density at radius 3 is 2.28 bits per heavy atom. The first kappa shape index (κ1) is 16.7. The molecule has 0 saturated carbocycles. The van der Waals surface area contributed by atoms with Crippen LogP contribution in [0.5, 0.6) is 0 Å². The predicted octanol–water partition coefficient (Wildman–Crippen LogP) is 4.88. The highest BCUT2D eigenvalue weighted by Gasteiger charge is 2.55. The lowest BCUT2D eigenvalue weighted by atomic mass is 9.92. The summed E-state index contributed by atoms with van der Waals surface area (Å²) < 4.78 is 0. The molecular formula is C14H24Br2OSi. The normalized spacial score (nSPS) is 29.3. The standard InChI is InChI=1S/C14H24Br2OSi/c1-13(2,3)18(4,5)14(10-16)8-6-7-11(9-15)12(14)17/h6-8,12,17H,9-10H2,1-5H3. The van der Waals surface area contributed by atoms with Crippen LogP contribution in [0, 0.1) is 0 Å². The van der Waals surface area contributed by atoms with E-state index in [0.29, 0.717) is 0 Å². The Kier molecular flexibility index (Phi) is 5.14. The van der Waals surface area contributed by atoms with Gasteiger partial charge < -0.3 is 5.11 Å². The summed E-state index contributed by atoms with van der Waals surface area (Å²) in [6.07, 6.45) is 6.00. The van der Waals surface area contributed by atoms with Crippen molar-refractivity contribution in [2.45, 2.75) is 50.0 Å². The van der Waals surface area contributed by atoms with E-state index in [0.717, 1.165) is 16.2 Å². The van der Waals surface area contributed by atoms with Crippen molar-refractivity contribution in [2.75, 3.05) is 10.7 Å². The summed E-state index contributed by atoms with van der Waals surface area (Å²) in [6.45, 7) is 11.7. The van der Waals surface area contributed by atoms with Crippen LogP contribution in [0.15, 0.2) is 23.8 Å². The number of allylic oxidation sites excluding steroid dienone is 2. The van der Waals surface area contributed by atoms with Crippen LogP contribution in [-0.4, -0.2) is 29.9 Å². The maximum Gasteiger partial charge on any atom is 0.0836 e. The largest absolute Gasteiger partial charge is 0.388 e. The molecule has 0 spiro atoms. The summed E-state index contributed by atoms with van der Waals surface area (Å²) in [5.41, 5.74) is 1.08. The summed E-state index contributed by atoms with van der Waals surface area (Å²) in [5.74, 6) is 0. The van der Waals surface area contributed by atoms with Crippen molar-refractivity contribution in [3.8, 4) is 0 Å². The van der Waals surface area contributed by atoms with Crippen molar-refractivity contribution in [3.63, 3.8) is 0 Å². The van der Waals surface area contributed by atoms with Crippen LogP contribution in [0.1, 0.15) is 20.8 Å². The van der Waals surface area contributed by atoms with Gasteiger partial charge in [0.2, 0.25) is 0 Å². The van der Waals surface area contributed by atoms with E-state index in [1.165, 1.54) is 0 Å². The van der Waals surface area contributed by atoms with Crippen LogP contribution >= 0.6 is 31.9 Å². The van der Waals surface area contributed by atoms with Gasteiger partial charge in [-0.1, -0.05) is 84.0 Å². The molecule has 1 aliphatic carbocycles. The van der Waals surface area contributed by atoms with Crippen LogP contribution < -0.4 is 0 Å². The van der Waals surface area contributed by atoms with Crippen molar-refractivity contribution in [2.24, 2.45) is 0 Å². The lowest BCUT2D eigenvalue weighted by molar-refractivity contribution is 0.175. The minimum atomic E-state index is -1.72. The molecule has 18 heavy (non-hydrogen) atoms. The first-order chi connectivity index (χ1) is 8.14. The third kappa shape index (κ3) is 2.46. The molecule has 0 aromatic heterocycles.